The molecular weight excluding hydrogens is 328 g/mol. The third-order valence-corrected chi connectivity index (χ3v) is 4.45. The highest BCUT2D eigenvalue weighted by Gasteiger charge is 2.18. The number of fused-ring (bicyclic) bond motifs is 1. The van der Waals surface area contributed by atoms with E-state index in [1.54, 1.807) is 0 Å². The zero-order valence-electron chi connectivity index (χ0n) is 11.8. The summed E-state index contributed by atoms with van der Waals surface area (Å²) in [4.78, 5) is 11.4. The van der Waals surface area contributed by atoms with Gasteiger partial charge >= 0.3 is 0 Å². The molecule has 1 atom stereocenters. The highest BCUT2D eigenvalue weighted by Crippen LogP contribution is 2.30. The van der Waals surface area contributed by atoms with Gasteiger partial charge in [0.1, 0.15) is 0 Å². The van der Waals surface area contributed by atoms with Gasteiger partial charge in [-0.2, -0.15) is 0 Å². The van der Waals surface area contributed by atoms with Gasteiger partial charge in [0.2, 0.25) is 5.91 Å². The van der Waals surface area contributed by atoms with Crippen LogP contribution in [0.2, 0.25) is 0 Å². The largest absolute Gasteiger partial charge is 0.326 e. The van der Waals surface area contributed by atoms with Gasteiger partial charge in [-0.15, -0.1) is 0 Å². The fourth-order valence-corrected chi connectivity index (χ4v) is 3.10. The second-order valence-electron chi connectivity index (χ2n) is 5.44. The van der Waals surface area contributed by atoms with E-state index in [0.717, 1.165) is 33.3 Å². The van der Waals surface area contributed by atoms with E-state index in [4.69, 9.17) is 5.73 Å². The standard InChI is InChI=1S/C17H17BrN2O/c1-10-2-5-13(18)9-14(10)17(19)12-3-6-15-11(8-12)4-7-16(21)20-15/h2-3,5-6,8-9,17H,4,7,19H2,1H3,(H,20,21). The molecule has 0 saturated heterocycles. The molecule has 21 heavy (non-hydrogen) atoms. The van der Waals surface area contributed by atoms with Gasteiger partial charge in [-0.3, -0.25) is 4.79 Å². The fraction of sp³-hybridized carbons (Fsp3) is 0.235. The maximum Gasteiger partial charge on any atom is 0.224 e. The Morgan fingerprint density at radius 1 is 1.19 bits per heavy atom. The number of nitrogens with one attached hydrogen (secondary N) is 1. The first-order valence-corrected chi connectivity index (χ1v) is 7.78. The van der Waals surface area contributed by atoms with Crippen LogP contribution in [-0.2, 0) is 11.2 Å². The number of carbonyl (C=O) groups is 1. The van der Waals surface area contributed by atoms with Crippen LogP contribution in [0.5, 0.6) is 0 Å². The average Bonchev–Trinajstić information content (AvgIpc) is 2.48. The number of benzene rings is 2. The van der Waals surface area contributed by atoms with Crippen LogP contribution in [0.3, 0.4) is 0 Å². The number of nitrogens with two attached hydrogens (primary N) is 1. The Morgan fingerprint density at radius 3 is 2.81 bits per heavy atom. The van der Waals surface area contributed by atoms with Crippen LogP contribution >= 0.6 is 15.9 Å². The molecule has 0 saturated carbocycles. The lowest BCUT2D eigenvalue weighted by atomic mass is 9.92. The van der Waals surface area contributed by atoms with E-state index in [-0.39, 0.29) is 11.9 Å². The number of hydrogen-bond donors (Lipinski definition) is 2. The monoisotopic (exact) mass is 344 g/mol. The molecule has 2 aromatic rings. The summed E-state index contributed by atoms with van der Waals surface area (Å²) in [7, 11) is 0. The summed E-state index contributed by atoms with van der Waals surface area (Å²) in [5, 5.41) is 2.90. The Bertz CT molecular complexity index is 712. The molecule has 1 amide bonds. The molecule has 0 aliphatic carbocycles. The molecule has 108 valence electrons. The number of amides is 1. The molecule has 3 nitrogen and oxygen atoms in total. The van der Waals surface area contributed by atoms with Crippen LogP contribution in [0.25, 0.3) is 0 Å². The zero-order valence-corrected chi connectivity index (χ0v) is 13.4. The third kappa shape index (κ3) is 2.87. The highest BCUT2D eigenvalue weighted by atomic mass is 79.9. The molecule has 0 bridgehead atoms. The van der Waals surface area contributed by atoms with Crippen molar-refractivity contribution in [1.82, 2.24) is 0 Å². The summed E-state index contributed by atoms with van der Waals surface area (Å²) in [6.45, 7) is 2.07. The predicted octanol–water partition coefficient (Wildman–Crippen LogP) is 3.69. The minimum absolute atomic E-state index is 0.0855. The highest BCUT2D eigenvalue weighted by molar-refractivity contribution is 9.10. The summed E-state index contributed by atoms with van der Waals surface area (Å²) in [6.07, 6.45) is 1.32. The Hall–Kier alpha value is -1.65. The summed E-state index contributed by atoms with van der Waals surface area (Å²) < 4.78 is 1.03. The number of hydrogen-bond acceptors (Lipinski definition) is 2. The number of carbonyl (C=O) groups excluding carboxylic acids is 1. The average molecular weight is 345 g/mol. The number of aryl methyl sites for hydroxylation is 2. The van der Waals surface area contributed by atoms with Crippen LogP contribution in [0.4, 0.5) is 5.69 Å². The summed E-state index contributed by atoms with van der Waals surface area (Å²) in [6, 6.07) is 12.1. The normalized spacial score (nSPS) is 15.3. The molecule has 1 heterocycles. The van der Waals surface area contributed by atoms with Crippen LogP contribution in [0.15, 0.2) is 40.9 Å². The van der Waals surface area contributed by atoms with Crippen LogP contribution in [0.1, 0.15) is 34.7 Å². The van der Waals surface area contributed by atoms with Gasteiger partial charge in [-0.25, -0.2) is 0 Å². The van der Waals surface area contributed by atoms with Gasteiger partial charge < -0.3 is 11.1 Å². The molecule has 0 aromatic heterocycles. The van der Waals surface area contributed by atoms with Gasteiger partial charge in [0.05, 0.1) is 6.04 Å². The minimum Gasteiger partial charge on any atom is -0.326 e. The van der Waals surface area contributed by atoms with Crippen LogP contribution in [-0.4, -0.2) is 5.91 Å². The van der Waals surface area contributed by atoms with Crippen LogP contribution < -0.4 is 11.1 Å². The lowest BCUT2D eigenvalue weighted by molar-refractivity contribution is -0.116. The van der Waals surface area contributed by atoms with Crippen molar-refractivity contribution in [2.75, 3.05) is 5.32 Å². The SMILES string of the molecule is Cc1ccc(Br)cc1C(N)c1ccc2c(c1)CCC(=O)N2. The van der Waals surface area contributed by atoms with Crippen molar-refractivity contribution in [3.05, 3.63) is 63.1 Å². The molecular formula is C17H17BrN2O. The topological polar surface area (TPSA) is 55.1 Å². The molecule has 1 aliphatic heterocycles. The van der Waals surface area contributed by atoms with E-state index in [1.807, 2.05) is 18.2 Å². The Kier molecular flexibility index (Phi) is 3.83. The van der Waals surface area contributed by atoms with Crippen molar-refractivity contribution in [1.29, 1.82) is 0 Å². The van der Waals surface area contributed by atoms with E-state index < -0.39 is 0 Å². The van der Waals surface area contributed by atoms with Gasteiger partial charge in [0.25, 0.3) is 0 Å². The lowest BCUT2D eigenvalue weighted by Crippen LogP contribution is -2.20. The van der Waals surface area contributed by atoms with Gasteiger partial charge in [0, 0.05) is 16.6 Å². The molecule has 4 heteroatoms. The number of rotatable bonds is 2. The second kappa shape index (κ2) is 5.62. The fourth-order valence-electron chi connectivity index (χ4n) is 2.72. The number of anilines is 1. The van der Waals surface area contributed by atoms with E-state index >= 15 is 0 Å². The predicted molar refractivity (Wildman–Crippen MR) is 88.3 cm³/mol. The van der Waals surface area contributed by atoms with E-state index in [2.05, 4.69) is 46.4 Å². The summed E-state index contributed by atoms with van der Waals surface area (Å²) in [5.74, 6) is 0.0855. The molecule has 0 radical (unpaired) electrons. The first-order valence-electron chi connectivity index (χ1n) is 6.99. The second-order valence-corrected chi connectivity index (χ2v) is 6.36. The van der Waals surface area contributed by atoms with Gasteiger partial charge in [0.15, 0.2) is 0 Å². The van der Waals surface area contributed by atoms with E-state index in [0.29, 0.717) is 6.42 Å². The van der Waals surface area contributed by atoms with Crippen molar-refractivity contribution in [2.45, 2.75) is 25.8 Å². The van der Waals surface area contributed by atoms with Crippen molar-refractivity contribution in [3.63, 3.8) is 0 Å². The third-order valence-electron chi connectivity index (χ3n) is 3.96. The molecule has 1 unspecified atom stereocenters. The maximum absolute atomic E-state index is 11.4. The van der Waals surface area contributed by atoms with Crippen LogP contribution in [0, 0.1) is 6.92 Å². The Labute approximate surface area is 132 Å². The molecule has 2 aromatic carbocycles. The quantitative estimate of drug-likeness (QED) is 0.872. The van der Waals surface area contributed by atoms with E-state index in [1.165, 1.54) is 5.56 Å². The van der Waals surface area contributed by atoms with Crippen molar-refractivity contribution in [2.24, 2.45) is 5.73 Å². The van der Waals surface area contributed by atoms with Crippen molar-refractivity contribution < 1.29 is 4.79 Å². The summed E-state index contributed by atoms with van der Waals surface area (Å²) in [5.41, 5.74) is 11.9. The Balaban J connectivity index is 1.97. The maximum atomic E-state index is 11.4. The lowest BCUT2D eigenvalue weighted by Gasteiger charge is -2.21. The molecule has 0 fully saturated rings. The minimum atomic E-state index is -0.162. The van der Waals surface area contributed by atoms with Gasteiger partial charge in [-0.05, 0) is 53.8 Å². The summed E-state index contributed by atoms with van der Waals surface area (Å²) >= 11 is 3.50. The first kappa shape index (κ1) is 14.3. The molecule has 0 spiro atoms. The van der Waals surface area contributed by atoms with Gasteiger partial charge in [-0.1, -0.05) is 34.1 Å². The molecule has 3 rings (SSSR count). The first-order chi connectivity index (χ1) is 10.0. The van der Waals surface area contributed by atoms with E-state index in [9.17, 15) is 4.79 Å². The van der Waals surface area contributed by atoms with Crippen molar-refractivity contribution in [3.8, 4) is 0 Å². The molecule has 1 aliphatic rings. The zero-order chi connectivity index (χ0) is 15.0. The number of halogens is 1. The Morgan fingerprint density at radius 2 is 2.00 bits per heavy atom. The van der Waals surface area contributed by atoms with Crippen molar-refractivity contribution >= 4 is 27.5 Å². The smallest absolute Gasteiger partial charge is 0.224 e. The molecule has 3 N–H and O–H groups in total.